The van der Waals surface area contributed by atoms with Gasteiger partial charge in [-0.15, -0.1) is 0 Å². The number of aromatic nitrogens is 2. The van der Waals surface area contributed by atoms with Gasteiger partial charge in [-0.2, -0.15) is 5.10 Å². The van der Waals surface area contributed by atoms with Gasteiger partial charge in [-0.1, -0.05) is 12.1 Å². The summed E-state index contributed by atoms with van der Waals surface area (Å²) in [6.45, 7) is 0.306. The maximum Gasteiger partial charge on any atom is 0.354 e. The fourth-order valence-electron chi connectivity index (χ4n) is 1.98. The standard InChI is InChI=1S/C17H19N3O5/c1-20-10-12(9-18-20)11-25-15-7-5-4-6-13(15)19-14(17(22)24-3)8-16(21)23-2/h4-10,19H,11H2,1-3H3/b14-8+. The Hall–Kier alpha value is -3.29. The fraction of sp³-hybridized carbons (Fsp3) is 0.235. The van der Waals surface area contributed by atoms with Gasteiger partial charge in [0.2, 0.25) is 0 Å². The molecular weight excluding hydrogens is 326 g/mol. The molecule has 0 aliphatic carbocycles. The van der Waals surface area contributed by atoms with E-state index in [9.17, 15) is 9.59 Å². The first kappa shape index (κ1) is 18.1. The van der Waals surface area contributed by atoms with Crippen LogP contribution in [0.15, 0.2) is 48.4 Å². The Kier molecular flexibility index (Phi) is 6.16. The molecular formula is C17H19N3O5. The maximum absolute atomic E-state index is 11.8. The summed E-state index contributed by atoms with van der Waals surface area (Å²) in [5.41, 5.74) is 1.34. The van der Waals surface area contributed by atoms with E-state index in [1.807, 2.05) is 13.2 Å². The largest absolute Gasteiger partial charge is 0.487 e. The van der Waals surface area contributed by atoms with Crippen molar-refractivity contribution in [3.05, 3.63) is 54.0 Å². The number of aryl methyl sites for hydroxylation is 1. The molecule has 0 unspecified atom stereocenters. The highest BCUT2D eigenvalue weighted by Gasteiger charge is 2.15. The van der Waals surface area contributed by atoms with Gasteiger partial charge in [0.15, 0.2) is 0 Å². The molecule has 0 saturated heterocycles. The molecule has 0 radical (unpaired) electrons. The van der Waals surface area contributed by atoms with Gasteiger partial charge in [0.25, 0.3) is 0 Å². The van der Waals surface area contributed by atoms with Crippen LogP contribution in [0.5, 0.6) is 5.75 Å². The van der Waals surface area contributed by atoms with Crippen molar-refractivity contribution in [2.75, 3.05) is 19.5 Å². The van der Waals surface area contributed by atoms with Crippen molar-refractivity contribution in [2.45, 2.75) is 6.61 Å². The summed E-state index contributed by atoms with van der Waals surface area (Å²) in [7, 11) is 4.26. The molecule has 8 heteroatoms. The van der Waals surface area contributed by atoms with Gasteiger partial charge < -0.3 is 19.5 Å². The van der Waals surface area contributed by atoms with E-state index in [-0.39, 0.29) is 5.70 Å². The summed E-state index contributed by atoms with van der Waals surface area (Å²) >= 11 is 0. The number of anilines is 1. The van der Waals surface area contributed by atoms with Crippen molar-refractivity contribution in [1.82, 2.24) is 9.78 Å². The molecule has 0 spiro atoms. The molecule has 0 amide bonds. The van der Waals surface area contributed by atoms with Crippen LogP contribution < -0.4 is 10.1 Å². The Morgan fingerprint density at radius 3 is 2.64 bits per heavy atom. The third kappa shape index (κ3) is 5.10. The molecule has 0 fully saturated rings. The number of carbonyl (C=O) groups is 2. The van der Waals surface area contributed by atoms with Gasteiger partial charge in [-0.3, -0.25) is 4.68 Å². The molecule has 8 nitrogen and oxygen atoms in total. The normalized spacial score (nSPS) is 10.9. The van der Waals surface area contributed by atoms with E-state index < -0.39 is 11.9 Å². The molecule has 0 atom stereocenters. The van der Waals surface area contributed by atoms with Crippen LogP contribution in [-0.4, -0.2) is 35.9 Å². The molecule has 1 aromatic carbocycles. The maximum atomic E-state index is 11.8. The average molecular weight is 345 g/mol. The van der Waals surface area contributed by atoms with E-state index in [2.05, 4.69) is 19.9 Å². The highest BCUT2D eigenvalue weighted by molar-refractivity contribution is 5.99. The van der Waals surface area contributed by atoms with Gasteiger partial charge in [0, 0.05) is 18.8 Å². The lowest BCUT2D eigenvalue weighted by Gasteiger charge is -2.14. The molecule has 0 aliphatic rings. The van der Waals surface area contributed by atoms with Crippen LogP contribution in [0.4, 0.5) is 5.69 Å². The lowest BCUT2D eigenvalue weighted by molar-refractivity contribution is -0.138. The summed E-state index contributed by atoms with van der Waals surface area (Å²) < 4.78 is 16.7. The predicted molar refractivity (Wildman–Crippen MR) is 89.7 cm³/mol. The lowest BCUT2D eigenvalue weighted by Crippen LogP contribution is -2.16. The topological polar surface area (TPSA) is 91.7 Å². The van der Waals surface area contributed by atoms with Gasteiger partial charge >= 0.3 is 11.9 Å². The number of nitrogens with one attached hydrogen (secondary N) is 1. The second kappa shape index (κ2) is 8.53. The molecule has 0 bridgehead atoms. The number of methoxy groups -OCH3 is 2. The van der Waals surface area contributed by atoms with E-state index in [0.29, 0.717) is 18.0 Å². The Bertz CT molecular complexity index is 782. The smallest absolute Gasteiger partial charge is 0.354 e. The van der Waals surface area contributed by atoms with E-state index in [1.165, 1.54) is 14.2 Å². The first-order chi connectivity index (χ1) is 12.0. The third-order valence-corrected chi connectivity index (χ3v) is 3.18. The highest BCUT2D eigenvalue weighted by atomic mass is 16.5. The lowest BCUT2D eigenvalue weighted by atomic mass is 10.2. The highest BCUT2D eigenvalue weighted by Crippen LogP contribution is 2.26. The molecule has 1 aromatic heterocycles. The second-order valence-electron chi connectivity index (χ2n) is 5.00. The summed E-state index contributed by atoms with van der Waals surface area (Å²) in [6, 6.07) is 7.02. The SMILES string of the molecule is COC(=O)/C=C(/Nc1ccccc1OCc1cnn(C)c1)C(=O)OC. The van der Waals surface area contributed by atoms with Crippen LogP contribution in [0.2, 0.25) is 0 Å². The van der Waals surface area contributed by atoms with Crippen LogP contribution in [0.3, 0.4) is 0 Å². The summed E-state index contributed by atoms with van der Waals surface area (Å²) in [4.78, 5) is 23.3. The molecule has 1 heterocycles. The van der Waals surface area contributed by atoms with Crippen molar-refractivity contribution in [3.63, 3.8) is 0 Å². The van der Waals surface area contributed by atoms with Crippen LogP contribution >= 0.6 is 0 Å². The van der Waals surface area contributed by atoms with Gasteiger partial charge in [0.1, 0.15) is 18.1 Å². The van der Waals surface area contributed by atoms with Crippen molar-refractivity contribution < 1.29 is 23.8 Å². The Morgan fingerprint density at radius 1 is 1.24 bits per heavy atom. The minimum atomic E-state index is -0.701. The van der Waals surface area contributed by atoms with Gasteiger partial charge in [0.05, 0.1) is 32.2 Å². The molecule has 132 valence electrons. The molecule has 2 aromatic rings. The minimum Gasteiger partial charge on any atom is -0.487 e. The molecule has 0 aliphatic heterocycles. The first-order valence-corrected chi connectivity index (χ1v) is 7.38. The van der Waals surface area contributed by atoms with Crippen LogP contribution in [0, 0.1) is 0 Å². The first-order valence-electron chi connectivity index (χ1n) is 7.38. The second-order valence-corrected chi connectivity index (χ2v) is 5.00. The monoisotopic (exact) mass is 345 g/mol. The summed E-state index contributed by atoms with van der Waals surface area (Å²) in [5, 5.41) is 6.92. The number of ether oxygens (including phenoxy) is 3. The van der Waals surface area contributed by atoms with Crippen molar-refractivity contribution >= 4 is 17.6 Å². The summed E-state index contributed by atoms with van der Waals surface area (Å²) in [5.74, 6) is -0.875. The summed E-state index contributed by atoms with van der Waals surface area (Å²) in [6.07, 6.45) is 4.56. The Balaban J connectivity index is 2.18. The zero-order valence-corrected chi connectivity index (χ0v) is 14.2. The minimum absolute atomic E-state index is 0.0632. The number of hydrogen-bond donors (Lipinski definition) is 1. The van der Waals surface area contributed by atoms with E-state index in [1.54, 1.807) is 35.1 Å². The number of para-hydroxylation sites is 2. The molecule has 25 heavy (non-hydrogen) atoms. The van der Waals surface area contributed by atoms with E-state index >= 15 is 0 Å². The Morgan fingerprint density at radius 2 is 2.00 bits per heavy atom. The van der Waals surface area contributed by atoms with Crippen molar-refractivity contribution in [3.8, 4) is 5.75 Å². The number of rotatable bonds is 7. The third-order valence-electron chi connectivity index (χ3n) is 3.18. The molecule has 1 N–H and O–H groups in total. The quantitative estimate of drug-likeness (QED) is 0.602. The number of carbonyl (C=O) groups excluding carboxylic acids is 2. The number of benzene rings is 1. The van der Waals surface area contributed by atoms with Crippen LogP contribution in [-0.2, 0) is 32.7 Å². The zero-order chi connectivity index (χ0) is 18.2. The average Bonchev–Trinajstić information content (AvgIpc) is 3.04. The van der Waals surface area contributed by atoms with Crippen LogP contribution in [0.25, 0.3) is 0 Å². The van der Waals surface area contributed by atoms with Crippen LogP contribution in [0.1, 0.15) is 5.56 Å². The molecule has 0 saturated carbocycles. The predicted octanol–water partition coefficient (Wildman–Crippen LogP) is 1.64. The van der Waals surface area contributed by atoms with Crippen molar-refractivity contribution in [1.29, 1.82) is 0 Å². The number of esters is 2. The molecule has 2 rings (SSSR count). The van der Waals surface area contributed by atoms with E-state index in [0.717, 1.165) is 11.6 Å². The number of nitrogens with zero attached hydrogens (tertiary/aromatic N) is 2. The van der Waals surface area contributed by atoms with Gasteiger partial charge in [-0.25, -0.2) is 9.59 Å². The zero-order valence-electron chi connectivity index (χ0n) is 14.2. The van der Waals surface area contributed by atoms with Crippen molar-refractivity contribution in [2.24, 2.45) is 7.05 Å². The number of hydrogen-bond acceptors (Lipinski definition) is 7. The fourth-order valence-corrected chi connectivity index (χ4v) is 1.98. The van der Waals surface area contributed by atoms with Gasteiger partial charge in [-0.05, 0) is 12.1 Å². The van der Waals surface area contributed by atoms with E-state index in [4.69, 9.17) is 4.74 Å². The Labute approximate surface area is 145 Å².